The van der Waals surface area contributed by atoms with Crippen LogP contribution in [0.4, 0.5) is 0 Å². The van der Waals surface area contributed by atoms with Gasteiger partial charge in [-0.1, -0.05) is 36.7 Å². The van der Waals surface area contributed by atoms with Gasteiger partial charge in [0.25, 0.3) is 0 Å². The van der Waals surface area contributed by atoms with E-state index in [1.54, 1.807) is 0 Å². The number of amides is 1. The monoisotopic (exact) mass is 273 g/mol. The predicted octanol–water partition coefficient (Wildman–Crippen LogP) is 2.66. The zero-order valence-corrected chi connectivity index (χ0v) is 11.4. The molecule has 1 amide bonds. The summed E-state index contributed by atoms with van der Waals surface area (Å²) in [5.74, 6) is 1.34. The van der Waals surface area contributed by atoms with E-state index in [2.05, 4.69) is 41.6 Å². The van der Waals surface area contributed by atoms with Gasteiger partial charge in [-0.05, 0) is 24.2 Å². The van der Waals surface area contributed by atoms with E-state index in [0.29, 0.717) is 23.8 Å². The molecule has 0 spiro atoms. The maximum absolute atomic E-state index is 12.2. The molecule has 0 aromatic carbocycles. The molecule has 3 unspecified atom stereocenters. The maximum atomic E-state index is 12.2. The van der Waals surface area contributed by atoms with Crippen LogP contribution in [0.3, 0.4) is 0 Å². The lowest BCUT2D eigenvalue weighted by Crippen LogP contribution is -2.40. The normalized spacial score (nSPS) is 38.1. The van der Waals surface area contributed by atoms with Gasteiger partial charge in [-0.2, -0.15) is 0 Å². The molecular formula is C12H20BrNO. The number of hydrogen-bond acceptors (Lipinski definition) is 1. The van der Waals surface area contributed by atoms with Gasteiger partial charge < -0.3 is 4.90 Å². The summed E-state index contributed by atoms with van der Waals surface area (Å²) in [6, 6.07) is 0.425. The standard InChI is InChI=1S/C12H20BrNO/c1-8-4-5-14(10(8)7-13)11(15)9-6-12(9,2)3/h8-10H,4-7H2,1-3H3. The Morgan fingerprint density at radius 2 is 2.13 bits per heavy atom. The van der Waals surface area contributed by atoms with Crippen LogP contribution in [0.15, 0.2) is 0 Å². The molecular weight excluding hydrogens is 254 g/mol. The van der Waals surface area contributed by atoms with Crippen molar-refractivity contribution in [3.63, 3.8) is 0 Å². The number of hydrogen-bond donors (Lipinski definition) is 0. The molecule has 1 saturated carbocycles. The molecule has 0 bridgehead atoms. The SMILES string of the molecule is CC1CCN(C(=O)C2CC2(C)C)C1CBr. The van der Waals surface area contributed by atoms with Crippen LogP contribution in [0.1, 0.15) is 33.6 Å². The number of alkyl halides is 1. The van der Waals surface area contributed by atoms with Gasteiger partial charge in [0.15, 0.2) is 0 Å². The first-order chi connectivity index (χ1) is 6.97. The highest BCUT2D eigenvalue weighted by Gasteiger charge is 2.53. The fraction of sp³-hybridized carbons (Fsp3) is 0.917. The lowest BCUT2D eigenvalue weighted by Gasteiger charge is -2.26. The predicted molar refractivity (Wildman–Crippen MR) is 65.0 cm³/mol. The highest BCUT2D eigenvalue weighted by atomic mass is 79.9. The molecule has 2 nitrogen and oxygen atoms in total. The largest absolute Gasteiger partial charge is 0.338 e. The topological polar surface area (TPSA) is 20.3 Å². The fourth-order valence-electron chi connectivity index (χ4n) is 2.61. The second-order valence-corrected chi connectivity index (χ2v) is 6.41. The average molecular weight is 274 g/mol. The highest BCUT2D eigenvalue weighted by molar-refractivity contribution is 9.09. The minimum atomic E-state index is 0.264. The number of likely N-dealkylation sites (tertiary alicyclic amines) is 1. The Labute approximate surface area is 101 Å². The van der Waals surface area contributed by atoms with E-state index < -0.39 is 0 Å². The van der Waals surface area contributed by atoms with Gasteiger partial charge in [0.05, 0.1) is 0 Å². The van der Waals surface area contributed by atoms with E-state index in [4.69, 9.17) is 0 Å². The number of rotatable bonds is 2. The van der Waals surface area contributed by atoms with E-state index >= 15 is 0 Å². The number of carbonyl (C=O) groups is 1. The maximum Gasteiger partial charge on any atom is 0.226 e. The van der Waals surface area contributed by atoms with Crippen molar-refractivity contribution in [3.05, 3.63) is 0 Å². The van der Waals surface area contributed by atoms with E-state index in [1.165, 1.54) is 0 Å². The van der Waals surface area contributed by atoms with Crippen LogP contribution in [-0.4, -0.2) is 28.7 Å². The van der Waals surface area contributed by atoms with Crippen molar-refractivity contribution in [1.82, 2.24) is 4.90 Å². The van der Waals surface area contributed by atoms with E-state index in [-0.39, 0.29) is 5.41 Å². The fourth-order valence-corrected chi connectivity index (χ4v) is 3.59. The summed E-state index contributed by atoms with van der Waals surface area (Å²) >= 11 is 3.53. The third-order valence-electron chi connectivity index (χ3n) is 4.14. The van der Waals surface area contributed by atoms with Crippen LogP contribution in [0, 0.1) is 17.3 Å². The van der Waals surface area contributed by atoms with Gasteiger partial charge in [0, 0.05) is 23.8 Å². The van der Waals surface area contributed by atoms with Crippen LogP contribution >= 0.6 is 15.9 Å². The van der Waals surface area contributed by atoms with Gasteiger partial charge in [-0.25, -0.2) is 0 Å². The molecule has 1 aliphatic heterocycles. The first-order valence-corrected chi connectivity index (χ1v) is 6.96. The average Bonchev–Trinajstić information content (AvgIpc) is 2.65. The molecule has 2 fully saturated rings. The van der Waals surface area contributed by atoms with Crippen LogP contribution in [-0.2, 0) is 4.79 Å². The Balaban J connectivity index is 2.02. The van der Waals surface area contributed by atoms with E-state index in [9.17, 15) is 4.79 Å². The van der Waals surface area contributed by atoms with Crippen molar-refractivity contribution in [2.45, 2.75) is 39.7 Å². The van der Waals surface area contributed by atoms with Crippen molar-refractivity contribution in [1.29, 1.82) is 0 Å². The molecule has 0 aromatic rings. The minimum absolute atomic E-state index is 0.264. The third-order valence-corrected chi connectivity index (χ3v) is 4.80. The summed E-state index contributed by atoms with van der Waals surface area (Å²) in [7, 11) is 0. The number of carbonyl (C=O) groups excluding carboxylic acids is 1. The second kappa shape index (κ2) is 3.76. The summed E-state index contributed by atoms with van der Waals surface area (Å²) in [4.78, 5) is 14.4. The van der Waals surface area contributed by atoms with E-state index in [1.807, 2.05) is 0 Å². The van der Waals surface area contributed by atoms with Crippen LogP contribution in [0.25, 0.3) is 0 Å². The Kier molecular flexibility index (Phi) is 2.87. The number of nitrogens with zero attached hydrogens (tertiary/aromatic N) is 1. The molecule has 3 atom stereocenters. The molecule has 86 valence electrons. The smallest absolute Gasteiger partial charge is 0.226 e. The van der Waals surface area contributed by atoms with Crippen molar-refractivity contribution < 1.29 is 4.79 Å². The van der Waals surface area contributed by atoms with Gasteiger partial charge in [-0.3, -0.25) is 4.79 Å². The summed E-state index contributed by atoms with van der Waals surface area (Å²) in [6.45, 7) is 7.59. The Morgan fingerprint density at radius 3 is 2.60 bits per heavy atom. The van der Waals surface area contributed by atoms with Crippen LogP contribution in [0.2, 0.25) is 0 Å². The Hall–Kier alpha value is -0.0500. The molecule has 1 aliphatic carbocycles. The highest BCUT2D eigenvalue weighted by Crippen LogP contribution is 2.53. The van der Waals surface area contributed by atoms with Crippen LogP contribution in [0.5, 0.6) is 0 Å². The summed E-state index contributed by atoms with van der Waals surface area (Å²) in [5.41, 5.74) is 0.264. The lowest BCUT2D eigenvalue weighted by atomic mass is 10.0. The molecule has 2 rings (SSSR count). The van der Waals surface area contributed by atoms with E-state index in [0.717, 1.165) is 24.7 Å². The molecule has 0 aromatic heterocycles. The Morgan fingerprint density at radius 1 is 1.53 bits per heavy atom. The van der Waals surface area contributed by atoms with Gasteiger partial charge in [-0.15, -0.1) is 0 Å². The quantitative estimate of drug-likeness (QED) is 0.709. The third kappa shape index (κ3) is 1.95. The zero-order chi connectivity index (χ0) is 11.2. The van der Waals surface area contributed by atoms with Gasteiger partial charge >= 0.3 is 0 Å². The molecule has 2 aliphatic rings. The van der Waals surface area contributed by atoms with Crippen LogP contribution < -0.4 is 0 Å². The van der Waals surface area contributed by atoms with Crippen molar-refractivity contribution in [3.8, 4) is 0 Å². The lowest BCUT2D eigenvalue weighted by molar-refractivity contribution is -0.134. The van der Waals surface area contributed by atoms with Gasteiger partial charge in [0.2, 0.25) is 5.91 Å². The summed E-state index contributed by atoms with van der Waals surface area (Å²) < 4.78 is 0. The number of halogens is 1. The zero-order valence-electron chi connectivity index (χ0n) is 9.79. The van der Waals surface area contributed by atoms with Gasteiger partial charge in [0.1, 0.15) is 0 Å². The second-order valence-electron chi connectivity index (χ2n) is 5.76. The molecule has 1 heterocycles. The summed E-state index contributed by atoms with van der Waals surface area (Å²) in [6.07, 6.45) is 2.24. The first kappa shape index (κ1) is 11.4. The molecule has 0 N–H and O–H groups in total. The molecule has 3 heteroatoms. The first-order valence-electron chi connectivity index (χ1n) is 5.84. The molecule has 0 radical (unpaired) electrons. The van der Waals surface area contributed by atoms with Crippen molar-refractivity contribution >= 4 is 21.8 Å². The molecule has 1 saturated heterocycles. The van der Waals surface area contributed by atoms with Crippen molar-refractivity contribution in [2.75, 3.05) is 11.9 Å². The summed E-state index contributed by atoms with van der Waals surface area (Å²) in [5, 5.41) is 0.924. The van der Waals surface area contributed by atoms with Crippen molar-refractivity contribution in [2.24, 2.45) is 17.3 Å². The Bertz CT molecular complexity index is 277. The minimum Gasteiger partial charge on any atom is -0.338 e. The molecule has 15 heavy (non-hydrogen) atoms.